The molecule has 0 aromatic heterocycles. The number of amides is 2. The zero-order chi connectivity index (χ0) is 20.5. The molecule has 0 saturated carbocycles. The minimum absolute atomic E-state index is 0.0389. The molecular formula is C25H26N2O2. The number of carbonyl (C=O) groups is 2. The van der Waals surface area contributed by atoms with Crippen LogP contribution in [-0.2, 0) is 16.0 Å². The fraction of sp³-hybridized carbons (Fsp3) is 0.200. The minimum atomic E-state index is -0.259. The van der Waals surface area contributed by atoms with E-state index in [0.717, 1.165) is 22.3 Å². The Morgan fingerprint density at radius 3 is 2.00 bits per heavy atom. The molecule has 0 aliphatic heterocycles. The largest absolute Gasteiger partial charge is 0.347 e. The predicted molar refractivity (Wildman–Crippen MR) is 115 cm³/mol. The second kappa shape index (κ2) is 10.2. The molecule has 3 aromatic rings. The van der Waals surface area contributed by atoms with Crippen LogP contribution in [0.25, 0.3) is 0 Å². The van der Waals surface area contributed by atoms with E-state index in [1.807, 2.05) is 91.9 Å². The molecule has 3 rings (SSSR count). The normalized spacial score (nSPS) is 11.5. The van der Waals surface area contributed by atoms with Crippen LogP contribution in [0, 0.1) is 6.92 Å². The Morgan fingerprint density at radius 2 is 1.34 bits per heavy atom. The van der Waals surface area contributed by atoms with Gasteiger partial charge in [0.25, 0.3) is 0 Å². The lowest BCUT2D eigenvalue weighted by molar-refractivity contribution is -0.126. The number of carbonyl (C=O) groups excluding carboxylic acids is 2. The van der Waals surface area contributed by atoms with Gasteiger partial charge in [-0.15, -0.1) is 0 Å². The van der Waals surface area contributed by atoms with Crippen LogP contribution in [-0.4, -0.2) is 18.4 Å². The van der Waals surface area contributed by atoms with Gasteiger partial charge in [-0.3, -0.25) is 9.59 Å². The summed E-state index contributed by atoms with van der Waals surface area (Å²) >= 11 is 0. The van der Waals surface area contributed by atoms with E-state index in [-0.39, 0.29) is 24.4 Å². The summed E-state index contributed by atoms with van der Waals surface area (Å²) in [5.74, 6) is -0.344. The molecule has 2 N–H and O–H groups in total. The number of hydrogen-bond donors (Lipinski definition) is 2. The van der Waals surface area contributed by atoms with Crippen LogP contribution in [0.1, 0.15) is 34.7 Å². The van der Waals surface area contributed by atoms with Crippen molar-refractivity contribution in [3.8, 4) is 0 Å². The summed E-state index contributed by atoms with van der Waals surface area (Å²) in [6.07, 6.45) is 1.02. The van der Waals surface area contributed by atoms with Crippen LogP contribution in [0.15, 0.2) is 84.9 Å². The lowest BCUT2D eigenvalue weighted by Crippen LogP contribution is -2.39. The molecule has 29 heavy (non-hydrogen) atoms. The smallest absolute Gasteiger partial charge is 0.240 e. The van der Waals surface area contributed by atoms with Crippen molar-refractivity contribution in [1.82, 2.24) is 10.6 Å². The van der Waals surface area contributed by atoms with Gasteiger partial charge in [0, 0.05) is 6.42 Å². The fourth-order valence-corrected chi connectivity index (χ4v) is 3.15. The zero-order valence-corrected chi connectivity index (χ0v) is 16.6. The highest BCUT2D eigenvalue weighted by atomic mass is 16.2. The first-order valence-corrected chi connectivity index (χ1v) is 9.83. The number of rotatable bonds is 8. The van der Waals surface area contributed by atoms with Gasteiger partial charge in [-0.2, -0.15) is 0 Å². The van der Waals surface area contributed by atoms with E-state index in [4.69, 9.17) is 0 Å². The first-order chi connectivity index (χ1) is 14.1. The van der Waals surface area contributed by atoms with Crippen molar-refractivity contribution in [2.45, 2.75) is 25.8 Å². The van der Waals surface area contributed by atoms with Crippen molar-refractivity contribution < 1.29 is 9.59 Å². The van der Waals surface area contributed by atoms with Gasteiger partial charge < -0.3 is 10.6 Å². The van der Waals surface area contributed by atoms with Crippen molar-refractivity contribution in [2.24, 2.45) is 0 Å². The van der Waals surface area contributed by atoms with Crippen LogP contribution < -0.4 is 10.6 Å². The molecule has 2 amide bonds. The van der Waals surface area contributed by atoms with E-state index >= 15 is 0 Å². The average Bonchev–Trinajstić information content (AvgIpc) is 2.76. The fourth-order valence-electron chi connectivity index (χ4n) is 3.15. The van der Waals surface area contributed by atoms with Crippen LogP contribution in [0.4, 0.5) is 0 Å². The highest BCUT2D eigenvalue weighted by Crippen LogP contribution is 2.22. The van der Waals surface area contributed by atoms with Crippen molar-refractivity contribution in [3.63, 3.8) is 0 Å². The summed E-state index contributed by atoms with van der Waals surface area (Å²) in [7, 11) is 0. The predicted octanol–water partition coefficient (Wildman–Crippen LogP) is 3.95. The lowest BCUT2D eigenvalue weighted by Gasteiger charge is -2.20. The molecule has 0 saturated heterocycles. The third-order valence-corrected chi connectivity index (χ3v) is 4.78. The number of aryl methyl sites for hydroxylation is 2. The van der Waals surface area contributed by atoms with Gasteiger partial charge in [-0.1, -0.05) is 90.5 Å². The standard InChI is InChI=1S/C25H26N2O2/c1-19-12-15-22(16-13-19)25(21-10-6-3-7-11-21)27-24(29)18-26-23(28)17-14-20-8-4-2-5-9-20/h2-13,15-16,25H,14,17-18H2,1H3,(H,26,28)(H,27,29). The summed E-state index contributed by atoms with van der Waals surface area (Å²) in [6, 6.07) is 27.5. The molecular weight excluding hydrogens is 360 g/mol. The van der Waals surface area contributed by atoms with E-state index in [1.165, 1.54) is 0 Å². The number of hydrogen-bond acceptors (Lipinski definition) is 2. The first kappa shape index (κ1) is 20.3. The Bertz CT molecular complexity index is 922. The monoisotopic (exact) mass is 386 g/mol. The number of nitrogens with one attached hydrogen (secondary N) is 2. The minimum Gasteiger partial charge on any atom is -0.347 e. The average molecular weight is 386 g/mol. The summed E-state index contributed by atoms with van der Waals surface area (Å²) < 4.78 is 0. The van der Waals surface area contributed by atoms with Crippen molar-refractivity contribution >= 4 is 11.8 Å². The Hall–Kier alpha value is -3.40. The molecule has 4 heteroatoms. The van der Waals surface area contributed by atoms with Crippen LogP contribution >= 0.6 is 0 Å². The molecule has 0 heterocycles. The Kier molecular flexibility index (Phi) is 7.17. The van der Waals surface area contributed by atoms with Gasteiger partial charge in [-0.05, 0) is 30.0 Å². The van der Waals surface area contributed by atoms with Gasteiger partial charge >= 0.3 is 0 Å². The molecule has 0 aliphatic carbocycles. The van der Waals surface area contributed by atoms with E-state index in [2.05, 4.69) is 10.6 Å². The van der Waals surface area contributed by atoms with Crippen molar-refractivity contribution in [2.75, 3.05) is 6.54 Å². The second-order valence-electron chi connectivity index (χ2n) is 7.08. The summed E-state index contributed by atoms with van der Waals surface area (Å²) in [4.78, 5) is 24.6. The maximum atomic E-state index is 12.5. The molecule has 3 aromatic carbocycles. The molecule has 0 radical (unpaired) electrons. The SMILES string of the molecule is Cc1ccc(C(NC(=O)CNC(=O)CCc2ccccc2)c2ccccc2)cc1. The molecule has 0 bridgehead atoms. The second-order valence-corrected chi connectivity index (χ2v) is 7.08. The van der Waals surface area contributed by atoms with Gasteiger partial charge in [-0.25, -0.2) is 0 Å². The van der Waals surface area contributed by atoms with E-state index in [0.29, 0.717) is 12.8 Å². The molecule has 4 nitrogen and oxygen atoms in total. The summed E-state index contributed by atoms with van der Waals surface area (Å²) in [5, 5.41) is 5.76. The van der Waals surface area contributed by atoms with Crippen molar-refractivity contribution in [3.05, 3.63) is 107 Å². The van der Waals surface area contributed by atoms with E-state index < -0.39 is 0 Å². The topological polar surface area (TPSA) is 58.2 Å². The first-order valence-electron chi connectivity index (χ1n) is 9.83. The van der Waals surface area contributed by atoms with Crippen LogP contribution in [0.2, 0.25) is 0 Å². The van der Waals surface area contributed by atoms with Crippen LogP contribution in [0.3, 0.4) is 0 Å². The molecule has 148 valence electrons. The van der Waals surface area contributed by atoms with Gasteiger partial charge in [0.2, 0.25) is 11.8 Å². The highest BCUT2D eigenvalue weighted by molar-refractivity contribution is 5.85. The maximum absolute atomic E-state index is 12.5. The third kappa shape index (κ3) is 6.32. The van der Waals surface area contributed by atoms with Crippen molar-refractivity contribution in [1.29, 1.82) is 0 Å². The van der Waals surface area contributed by atoms with Gasteiger partial charge in [0.15, 0.2) is 0 Å². The highest BCUT2D eigenvalue weighted by Gasteiger charge is 2.17. The number of benzene rings is 3. The molecule has 0 aliphatic rings. The molecule has 0 spiro atoms. The molecule has 1 unspecified atom stereocenters. The summed E-state index contributed by atoms with van der Waals surface area (Å²) in [6.45, 7) is 1.99. The Balaban J connectivity index is 1.57. The summed E-state index contributed by atoms with van der Waals surface area (Å²) in [5.41, 5.74) is 4.28. The lowest BCUT2D eigenvalue weighted by atomic mass is 9.98. The molecule has 0 fully saturated rings. The quantitative estimate of drug-likeness (QED) is 0.616. The van der Waals surface area contributed by atoms with E-state index in [9.17, 15) is 9.59 Å². The molecule has 1 atom stereocenters. The van der Waals surface area contributed by atoms with E-state index in [1.54, 1.807) is 0 Å². The zero-order valence-electron chi connectivity index (χ0n) is 16.6. The third-order valence-electron chi connectivity index (χ3n) is 4.78. The Labute approximate surface area is 172 Å². The van der Waals surface area contributed by atoms with Crippen LogP contribution in [0.5, 0.6) is 0 Å². The van der Waals surface area contributed by atoms with Gasteiger partial charge in [0.05, 0.1) is 12.6 Å². The Morgan fingerprint density at radius 1 is 0.759 bits per heavy atom. The van der Waals surface area contributed by atoms with Gasteiger partial charge in [0.1, 0.15) is 0 Å². The maximum Gasteiger partial charge on any atom is 0.240 e.